The molecule has 0 spiro atoms. The summed E-state index contributed by atoms with van der Waals surface area (Å²) in [4.78, 5) is 16.5. The van der Waals surface area contributed by atoms with Crippen LogP contribution in [0.15, 0.2) is 30.3 Å². The number of ether oxygens (including phenoxy) is 1. The predicted octanol–water partition coefficient (Wildman–Crippen LogP) is 4.88. The van der Waals surface area contributed by atoms with E-state index in [0.29, 0.717) is 16.9 Å². The number of hydrogen-bond donors (Lipinski definition) is 1. The lowest BCUT2D eigenvalue weighted by molar-refractivity contribution is 0.0602. The molecule has 0 radical (unpaired) electrons. The smallest absolute Gasteiger partial charge is 0.340 e. The van der Waals surface area contributed by atoms with Gasteiger partial charge in [0.1, 0.15) is 5.82 Å². The fourth-order valence-electron chi connectivity index (χ4n) is 2.23. The Morgan fingerprint density at radius 3 is 2.83 bits per heavy atom. The van der Waals surface area contributed by atoms with Gasteiger partial charge >= 0.3 is 5.97 Å². The summed E-state index contributed by atoms with van der Waals surface area (Å²) in [5.74, 6) is -0.864. The molecule has 3 aromatic rings. The van der Waals surface area contributed by atoms with Crippen molar-refractivity contribution in [3.63, 3.8) is 0 Å². The number of thiazole rings is 1. The number of nitrogens with zero attached hydrogens (tertiary/aromatic N) is 1. The zero-order valence-corrected chi connectivity index (χ0v) is 15.3. The molecule has 0 atom stereocenters. The molecule has 0 amide bonds. The molecule has 0 unspecified atom stereocenters. The van der Waals surface area contributed by atoms with Crippen LogP contribution in [0.2, 0.25) is 0 Å². The van der Waals surface area contributed by atoms with Crippen LogP contribution in [0.3, 0.4) is 0 Å². The molecule has 0 aliphatic rings. The first kappa shape index (κ1) is 16.1. The molecule has 118 valence electrons. The number of methoxy groups -OCH3 is 1. The number of halogens is 2. The number of fused-ring (bicyclic) bond motifs is 1. The molecule has 0 saturated heterocycles. The molecule has 2 aromatic carbocycles. The first-order valence-electron chi connectivity index (χ1n) is 6.70. The van der Waals surface area contributed by atoms with Crippen LogP contribution in [0, 0.1) is 16.3 Å². The summed E-state index contributed by atoms with van der Waals surface area (Å²) in [5.41, 5.74) is 1.92. The number of anilines is 2. The van der Waals surface area contributed by atoms with Crippen molar-refractivity contribution in [3.8, 4) is 0 Å². The highest BCUT2D eigenvalue weighted by Gasteiger charge is 2.18. The lowest BCUT2D eigenvalue weighted by atomic mass is 10.1. The fourth-order valence-corrected chi connectivity index (χ4v) is 3.61. The molecule has 1 aromatic heterocycles. The van der Waals surface area contributed by atoms with Crippen LogP contribution in [-0.2, 0) is 4.74 Å². The van der Waals surface area contributed by atoms with Crippen LogP contribution in [0.1, 0.15) is 15.4 Å². The Hall–Kier alpha value is -1.74. The number of esters is 1. The molecular formula is C16H12FIN2O2S. The van der Waals surface area contributed by atoms with Crippen LogP contribution in [-0.4, -0.2) is 18.1 Å². The summed E-state index contributed by atoms with van der Waals surface area (Å²) in [6.07, 6.45) is 0. The molecule has 0 saturated carbocycles. The standard InChI is InChI=1S/C16H12FIN2O2S/c1-8-19-13-6-4-10(16(21)22-2)14(15(13)23-8)20-12-5-3-9(18)7-11(12)17/h3-7,20H,1-2H3. The van der Waals surface area contributed by atoms with E-state index < -0.39 is 5.97 Å². The van der Waals surface area contributed by atoms with Crippen LogP contribution in [0.4, 0.5) is 15.8 Å². The Morgan fingerprint density at radius 1 is 1.35 bits per heavy atom. The van der Waals surface area contributed by atoms with Crippen LogP contribution < -0.4 is 5.32 Å². The molecule has 1 N–H and O–H groups in total. The van der Waals surface area contributed by atoms with Crippen molar-refractivity contribution < 1.29 is 13.9 Å². The molecule has 0 aliphatic carbocycles. The first-order valence-corrected chi connectivity index (χ1v) is 8.59. The molecule has 0 fully saturated rings. The third kappa shape index (κ3) is 3.16. The number of rotatable bonds is 3. The van der Waals surface area contributed by atoms with Crippen molar-refractivity contribution >= 4 is 61.5 Å². The second kappa shape index (κ2) is 6.40. The second-order valence-electron chi connectivity index (χ2n) is 4.81. The number of carbonyl (C=O) groups is 1. The molecule has 4 nitrogen and oxygen atoms in total. The number of aromatic nitrogens is 1. The minimum Gasteiger partial charge on any atom is -0.465 e. The van der Waals surface area contributed by atoms with E-state index >= 15 is 0 Å². The summed E-state index contributed by atoms with van der Waals surface area (Å²) >= 11 is 3.49. The van der Waals surface area contributed by atoms with E-state index in [4.69, 9.17) is 4.74 Å². The highest BCUT2D eigenvalue weighted by atomic mass is 127. The van der Waals surface area contributed by atoms with Crippen LogP contribution in [0.25, 0.3) is 10.2 Å². The number of aryl methyl sites for hydroxylation is 1. The van der Waals surface area contributed by atoms with Crippen molar-refractivity contribution in [2.24, 2.45) is 0 Å². The lowest BCUT2D eigenvalue weighted by Gasteiger charge is -2.12. The highest BCUT2D eigenvalue weighted by molar-refractivity contribution is 14.1. The van der Waals surface area contributed by atoms with Gasteiger partial charge in [-0.15, -0.1) is 11.3 Å². The van der Waals surface area contributed by atoms with Crippen LogP contribution >= 0.6 is 33.9 Å². The quantitative estimate of drug-likeness (QED) is 0.464. The third-order valence-electron chi connectivity index (χ3n) is 3.26. The van der Waals surface area contributed by atoms with Crippen molar-refractivity contribution in [3.05, 3.63) is 50.3 Å². The Balaban J connectivity index is 2.18. The van der Waals surface area contributed by atoms with E-state index in [1.54, 1.807) is 24.3 Å². The van der Waals surface area contributed by atoms with Gasteiger partial charge in [0.05, 0.1) is 39.3 Å². The van der Waals surface area contributed by atoms with Gasteiger partial charge in [0.2, 0.25) is 0 Å². The minimum atomic E-state index is -0.480. The normalized spacial score (nSPS) is 10.8. The number of carbonyl (C=O) groups excluding carboxylic acids is 1. The zero-order valence-electron chi connectivity index (χ0n) is 12.3. The Morgan fingerprint density at radius 2 is 2.13 bits per heavy atom. The summed E-state index contributed by atoms with van der Waals surface area (Å²) < 4.78 is 20.6. The van der Waals surface area contributed by atoms with E-state index in [-0.39, 0.29) is 5.82 Å². The van der Waals surface area contributed by atoms with Crippen molar-refractivity contribution in [1.29, 1.82) is 0 Å². The SMILES string of the molecule is COC(=O)c1ccc2nc(C)sc2c1Nc1ccc(I)cc1F. The van der Waals surface area contributed by atoms with Crippen molar-refractivity contribution in [1.82, 2.24) is 4.98 Å². The number of benzene rings is 2. The molecule has 3 rings (SSSR count). The summed E-state index contributed by atoms with van der Waals surface area (Å²) in [5, 5.41) is 3.90. The number of hydrogen-bond acceptors (Lipinski definition) is 5. The monoisotopic (exact) mass is 442 g/mol. The highest BCUT2D eigenvalue weighted by Crippen LogP contribution is 2.35. The molecular weight excluding hydrogens is 430 g/mol. The van der Waals surface area contributed by atoms with E-state index in [1.807, 2.05) is 29.5 Å². The van der Waals surface area contributed by atoms with E-state index in [1.165, 1.54) is 24.5 Å². The van der Waals surface area contributed by atoms with Crippen molar-refractivity contribution in [2.45, 2.75) is 6.92 Å². The molecule has 0 bridgehead atoms. The average molecular weight is 442 g/mol. The zero-order chi connectivity index (χ0) is 16.6. The van der Waals surface area contributed by atoms with Gasteiger partial charge in [0, 0.05) is 3.57 Å². The maximum absolute atomic E-state index is 14.2. The maximum atomic E-state index is 14.2. The lowest BCUT2D eigenvalue weighted by Crippen LogP contribution is -2.06. The largest absolute Gasteiger partial charge is 0.465 e. The summed E-state index contributed by atoms with van der Waals surface area (Å²) in [7, 11) is 1.32. The van der Waals surface area contributed by atoms with Gasteiger partial charge in [-0.05, 0) is 59.8 Å². The predicted molar refractivity (Wildman–Crippen MR) is 98.1 cm³/mol. The van der Waals surface area contributed by atoms with Gasteiger partial charge in [-0.25, -0.2) is 14.2 Å². The Labute approximate surface area is 149 Å². The van der Waals surface area contributed by atoms with E-state index in [0.717, 1.165) is 18.8 Å². The molecule has 1 heterocycles. The molecule has 0 aliphatic heterocycles. The van der Waals surface area contributed by atoms with Gasteiger partial charge in [-0.3, -0.25) is 0 Å². The Bertz CT molecular complexity index is 910. The van der Waals surface area contributed by atoms with Crippen LogP contribution in [0.5, 0.6) is 0 Å². The Kier molecular flexibility index (Phi) is 4.49. The van der Waals surface area contributed by atoms with E-state index in [2.05, 4.69) is 10.3 Å². The average Bonchev–Trinajstić information content (AvgIpc) is 2.90. The summed E-state index contributed by atoms with van der Waals surface area (Å²) in [6.45, 7) is 1.89. The van der Waals surface area contributed by atoms with Gasteiger partial charge in [0.15, 0.2) is 0 Å². The maximum Gasteiger partial charge on any atom is 0.340 e. The number of nitrogens with one attached hydrogen (secondary N) is 1. The molecule has 23 heavy (non-hydrogen) atoms. The van der Waals surface area contributed by atoms with Gasteiger partial charge in [-0.2, -0.15) is 0 Å². The minimum absolute atomic E-state index is 0.300. The third-order valence-corrected chi connectivity index (χ3v) is 4.94. The summed E-state index contributed by atoms with van der Waals surface area (Å²) in [6, 6.07) is 8.27. The van der Waals surface area contributed by atoms with Gasteiger partial charge < -0.3 is 10.1 Å². The van der Waals surface area contributed by atoms with Gasteiger partial charge in [-0.1, -0.05) is 0 Å². The topological polar surface area (TPSA) is 51.2 Å². The van der Waals surface area contributed by atoms with Crippen molar-refractivity contribution in [2.75, 3.05) is 12.4 Å². The second-order valence-corrected chi connectivity index (χ2v) is 7.26. The van der Waals surface area contributed by atoms with E-state index in [9.17, 15) is 9.18 Å². The molecule has 7 heteroatoms. The first-order chi connectivity index (χ1) is 11.0. The van der Waals surface area contributed by atoms with Gasteiger partial charge in [0.25, 0.3) is 0 Å². The fraction of sp³-hybridized carbons (Fsp3) is 0.125.